The summed E-state index contributed by atoms with van der Waals surface area (Å²) < 4.78 is 0. The molecule has 0 amide bonds. The van der Waals surface area contributed by atoms with E-state index in [1.807, 2.05) is 0 Å². The number of H-pyrrole nitrogens is 1. The molecule has 1 N–H and O–H groups in total. The standard InChI is InChI=1S/C60H49N3/c1-59(2,3)47-33-49-45-26-42(41-24-22-40(23-25-41)37-16-10-7-11-17-37)27-46(28-45)53-29-43(38-18-12-8-13-19-38)31-55(61-53)56-32-44(39-20-14-9-15-21-39)30-54(62-56)52-36-48(60(4,5)6)35-51-50(34-47)57(49)63-58(51)52/h7-36,63H,1-6H3. The fraction of sp³-hybridized carbons (Fsp3) is 0.133. The van der Waals surface area contributed by atoms with Crippen LogP contribution in [0.3, 0.4) is 0 Å². The van der Waals surface area contributed by atoms with E-state index in [1.54, 1.807) is 0 Å². The van der Waals surface area contributed by atoms with E-state index in [2.05, 4.69) is 229 Å². The van der Waals surface area contributed by atoms with Gasteiger partial charge in [0.2, 0.25) is 0 Å². The summed E-state index contributed by atoms with van der Waals surface area (Å²) in [5.74, 6) is 0. The molecule has 0 aliphatic carbocycles. The molecule has 7 aromatic carbocycles. The quantitative estimate of drug-likeness (QED) is 0.192. The molecule has 0 unspecified atom stereocenters. The molecule has 1 aliphatic heterocycles. The highest BCUT2D eigenvalue weighted by atomic mass is 14.8. The van der Waals surface area contributed by atoms with Crippen molar-refractivity contribution < 1.29 is 0 Å². The van der Waals surface area contributed by atoms with E-state index < -0.39 is 0 Å². The number of aromatic amines is 1. The van der Waals surface area contributed by atoms with Gasteiger partial charge in [-0.1, -0.05) is 157 Å². The molecule has 3 heteroatoms. The Kier molecular flexibility index (Phi) is 8.96. The lowest BCUT2D eigenvalue weighted by molar-refractivity contribution is 0.590. The molecule has 63 heavy (non-hydrogen) atoms. The Balaban J connectivity index is 1.29. The van der Waals surface area contributed by atoms with Gasteiger partial charge in [0.25, 0.3) is 0 Å². The van der Waals surface area contributed by atoms with Crippen molar-refractivity contribution in [3.8, 4) is 89.5 Å². The lowest BCUT2D eigenvalue weighted by Crippen LogP contribution is -2.11. The second kappa shape index (κ2) is 14.6. The van der Waals surface area contributed by atoms with E-state index in [1.165, 1.54) is 38.6 Å². The van der Waals surface area contributed by atoms with Crippen LogP contribution in [0.4, 0.5) is 0 Å². The van der Waals surface area contributed by atoms with Crippen molar-refractivity contribution in [1.82, 2.24) is 15.0 Å². The number of fused-ring (bicyclic) bond motifs is 11. The summed E-state index contributed by atoms with van der Waals surface area (Å²) in [6.07, 6.45) is 0. The van der Waals surface area contributed by atoms with Crippen molar-refractivity contribution in [2.75, 3.05) is 0 Å². The van der Waals surface area contributed by atoms with Gasteiger partial charge in [0, 0.05) is 27.5 Å². The van der Waals surface area contributed by atoms with Crippen molar-refractivity contribution in [2.45, 2.75) is 52.4 Å². The first-order valence-electron chi connectivity index (χ1n) is 22.0. The SMILES string of the molecule is CC(C)(C)c1cc2c3[nH]c4c(cc(C(C)(C)C)cc4c3c1)-c1cc(-c3ccccc3)cc(n1)-c1cc(-c3ccccc3)cc(n1)-c1cc(-c3ccc(-c4ccccc4)cc3)cc-2c1. The summed E-state index contributed by atoms with van der Waals surface area (Å²) in [5.41, 5.74) is 21.6. The van der Waals surface area contributed by atoms with Crippen molar-refractivity contribution in [1.29, 1.82) is 0 Å². The highest BCUT2D eigenvalue weighted by Gasteiger charge is 2.25. The molecule has 0 saturated carbocycles. The summed E-state index contributed by atoms with van der Waals surface area (Å²) in [7, 11) is 0. The van der Waals surface area contributed by atoms with Gasteiger partial charge < -0.3 is 4.98 Å². The van der Waals surface area contributed by atoms with Gasteiger partial charge in [-0.15, -0.1) is 0 Å². The van der Waals surface area contributed by atoms with E-state index in [9.17, 15) is 0 Å². The van der Waals surface area contributed by atoms with E-state index in [-0.39, 0.29) is 10.8 Å². The normalized spacial score (nSPS) is 12.3. The van der Waals surface area contributed by atoms with Crippen LogP contribution < -0.4 is 0 Å². The van der Waals surface area contributed by atoms with Crippen LogP contribution in [0.5, 0.6) is 0 Å². The van der Waals surface area contributed by atoms with Crippen LogP contribution in [-0.2, 0) is 10.8 Å². The fourth-order valence-electron chi connectivity index (χ4n) is 9.19. The molecule has 3 aromatic heterocycles. The Morgan fingerprint density at radius 1 is 0.302 bits per heavy atom. The molecule has 3 nitrogen and oxygen atoms in total. The maximum atomic E-state index is 5.60. The molecular weight excluding hydrogens is 763 g/mol. The second-order valence-electron chi connectivity index (χ2n) is 19.2. The number of benzene rings is 7. The monoisotopic (exact) mass is 811 g/mol. The van der Waals surface area contributed by atoms with Gasteiger partial charge >= 0.3 is 0 Å². The molecule has 0 atom stereocenters. The number of nitrogens with one attached hydrogen (secondary N) is 1. The molecule has 0 fully saturated rings. The average molecular weight is 812 g/mol. The van der Waals surface area contributed by atoms with Gasteiger partial charge in [0.1, 0.15) is 0 Å². The van der Waals surface area contributed by atoms with Crippen LogP contribution in [0.15, 0.2) is 182 Å². The summed E-state index contributed by atoms with van der Waals surface area (Å²) in [5, 5.41) is 2.43. The number of pyridine rings is 2. The van der Waals surface area contributed by atoms with Crippen molar-refractivity contribution >= 4 is 21.8 Å². The van der Waals surface area contributed by atoms with Crippen LogP contribution in [0.25, 0.3) is 111 Å². The van der Waals surface area contributed by atoms with E-state index in [4.69, 9.17) is 9.97 Å². The first-order valence-corrected chi connectivity index (χ1v) is 22.0. The zero-order valence-corrected chi connectivity index (χ0v) is 36.7. The largest absolute Gasteiger partial charge is 0.353 e. The summed E-state index contributed by atoms with van der Waals surface area (Å²) in [6.45, 7) is 13.9. The Bertz CT molecular complexity index is 3360. The lowest BCUT2D eigenvalue weighted by Gasteiger charge is -2.22. The lowest BCUT2D eigenvalue weighted by atomic mass is 9.82. The maximum absolute atomic E-state index is 5.60. The predicted molar refractivity (Wildman–Crippen MR) is 266 cm³/mol. The molecule has 0 spiro atoms. The summed E-state index contributed by atoms with van der Waals surface area (Å²) >= 11 is 0. The molecule has 11 rings (SSSR count). The third-order valence-electron chi connectivity index (χ3n) is 12.8. The highest BCUT2D eigenvalue weighted by Crippen LogP contribution is 2.45. The summed E-state index contributed by atoms with van der Waals surface area (Å²) in [4.78, 5) is 15.2. The fourth-order valence-corrected chi connectivity index (χ4v) is 9.19. The van der Waals surface area contributed by atoms with Crippen LogP contribution in [-0.4, -0.2) is 15.0 Å². The molecule has 0 radical (unpaired) electrons. The van der Waals surface area contributed by atoms with Gasteiger partial charge in [0.15, 0.2) is 0 Å². The molecular formula is C60H49N3. The van der Waals surface area contributed by atoms with Gasteiger partial charge in [-0.3, -0.25) is 0 Å². The van der Waals surface area contributed by atoms with E-state index in [0.29, 0.717) is 0 Å². The van der Waals surface area contributed by atoms with Gasteiger partial charge in [-0.05, 0) is 139 Å². The Morgan fingerprint density at radius 2 is 0.667 bits per heavy atom. The molecule has 10 aromatic rings. The highest BCUT2D eigenvalue weighted by molar-refractivity contribution is 6.16. The number of rotatable bonds is 4. The first-order chi connectivity index (χ1) is 30.4. The Labute approximate surface area is 370 Å². The molecule has 8 bridgehead atoms. The molecule has 0 saturated heterocycles. The van der Waals surface area contributed by atoms with Gasteiger partial charge in [-0.2, -0.15) is 0 Å². The first kappa shape index (κ1) is 38.6. The average Bonchev–Trinajstić information content (AvgIpc) is 3.69. The van der Waals surface area contributed by atoms with Crippen molar-refractivity contribution in [3.05, 3.63) is 193 Å². The summed E-state index contributed by atoms with van der Waals surface area (Å²) in [6, 6.07) is 66.5. The number of hydrogen-bond acceptors (Lipinski definition) is 2. The number of hydrogen-bond donors (Lipinski definition) is 1. The van der Waals surface area contributed by atoms with Crippen molar-refractivity contribution in [2.24, 2.45) is 0 Å². The zero-order valence-electron chi connectivity index (χ0n) is 36.7. The third-order valence-corrected chi connectivity index (χ3v) is 12.8. The molecule has 4 heterocycles. The number of aromatic nitrogens is 3. The number of nitrogens with zero attached hydrogens (tertiary/aromatic N) is 2. The molecule has 1 aliphatic rings. The van der Waals surface area contributed by atoms with E-state index >= 15 is 0 Å². The van der Waals surface area contributed by atoms with Crippen LogP contribution in [0, 0.1) is 0 Å². The smallest absolute Gasteiger partial charge is 0.0900 e. The van der Waals surface area contributed by atoms with Gasteiger partial charge in [0.05, 0.1) is 33.8 Å². The Hall–Kier alpha value is -7.36. The van der Waals surface area contributed by atoms with E-state index in [0.717, 1.165) is 83.9 Å². The third kappa shape index (κ3) is 7.04. The zero-order chi connectivity index (χ0) is 43.0. The Morgan fingerprint density at radius 3 is 1.19 bits per heavy atom. The van der Waals surface area contributed by atoms with Crippen LogP contribution >= 0.6 is 0 Å². The second-order valence-corrected chi connectivity index (χ2v) is 19.2. The minimum Gasteiger partial charge on any atom is -0.353 e. The van der Waals surface area contributed by atoms with Crippen LogP contribution in [0.2, 0.25) is 0 Å². The predicted octanol–water partition coefficient (Wildman–Crippen LogP) is 16.4. The van der Waals surface area contributed by atoms with Crippen LogP contribution in [0.1, 0.15) is 52.7 Å². The van der Waals surface area contributed by atoms with Gasteiger partial charge in [-0.25, -0.2) is 9.97 Å². The maximum Gasteiger partial charge on any atom is 0.0900 e. The minimum atomic E-state index is -0.112. The molecule has 304 valence electrons. The van der Waals surface area contributed by atoms with Crippen molar-refractivity contribution in [3.63, 3.8) is 0 Å². The topological polar surface area (TPSA) is 41.6 Å². The minimum absolute atomic E-state index is 0.103.